The summed E-state index contributed by atoms with van der Waals surface area (Å²) in [4.78, 5) is 11.4. The first-order valence-corrected chi connectivity index (χ1v) is 12.5. The predicted molar refractivity (Wildman–Crippen MR) is 129 cm³/mol. The minimum atomic E-state index is -1.28. The second kappa shape index (κ2) is 7.60. The molecule has 5 rings (SSSR count). The number of hydrogen-bond acceptors (Lipinski definition) is 5. The maximum Gasteiger partial charge on any atom is 0.211 e. The van der Waals surface area contributed by atoms with Crippen LogP contribution in [0, 0.1) is 5.41 Å². The van der Waals surface area contributed by atoms with Gasteiger partial charge in [-0.25, -0.2) is 9.97 Å². The van der Waals surface area contributed by atoms with E-state index in [4.69, 9.17) is 4.40 Å². The van der Waals surface area contributed by atoms with Crippen LogP contribution in [0.5, 0.6) is 0 Å². The lowest BCUT2D eigenvalue weighted by Crippen LogP contribution is -2.45. The van der Waals surface area contributed by atoms with Crippen LogP contribution < -0.4 is 4.90 Å². The third-order valence-electron chi connectivity index (χ3n) is 6.37. The fourth-order valence-electron chi connectivity index (χ4n) is 4.66. The molecule has 3 aromatic rings. The highest BCUT2D eigenvalue weighted by atomic mass is 79.9. The minimum Gasteiger partial charge on any atom is -0.591 e. The Hall–Kier alpha value is -1.90. The molecule has 2 aliphatic rings. The van der Waals surface area contributed by atoms with Crippen molar-refractivity contribution in [3.63, 3.8) is 0 Å². The summed E-state index contributed by atoms with van der Waals surface area (Å²) in [7, 11) is 0. The van der Waals surface area contributed by atoms with E-state index in [0.717, 1.165) is 54.1 Å². The van der Waals surface area contributed by atoms with Gasteiger partial charge in [-0.2, -0.15) is 0 Å². The van der Waals surface area contributed by atoms with Gasteiger partial charge in [-0.3, -0.25) is 4.40 Å². The molecule has 3 heterocycles. The van der Waals surface area contributed by atoms with Crippen molar-refractivity contribution in [3.05, 3.63) is 58.5 Å². The third kappa shape index (κ3) is 3.58. The highest BCUT2D eigenvalue weighted by molar-refractivity contribution is 9.10. The molecule has 2 aromatic heterocycles. The lowest BCUT2D eigenvalue weighted by molar-refractivity contribution is 0.328. The van der Waals surface area contributed by atoms with Crippen LogP contribution >= 0.6 is 15.9 Å². The van der Waals surface area contributed by atoms with Crippen molar-refractivity contribution < 1.29 is 4.55 Å². The maximum absolute atomic E-state index is 13.0. The van der Waals surface area contributed by atoms with Gasteiger partial charge in [-0.1, -0.05) is 28.7 Å². The molecule has 8 heteroatoms. The molecule has 1 atom stereocenters. The van der Waals surface area contributed by atoms with E-state index in [1.807, 2.05) is 37.6 Å². The zero-order chi connectivity index (χ0) is 21.8. The van der Waals surface area contributed by atoms with E-state index in [0.29, 0.717) is 0 Å². The molecule has 1 unspecified atom stereocenters. The molecule has 0 amide bonds. The lowest BCUT2D eigenvalue weighted by Gasteiger charge is -2.40. The molecular formula is C23H26BrN5OS. The molecule has 6 nitrogen and oxygen atoms in total. The van der Waals surface area contributed by atoms with Crippen LogP contribution in [-0.2, 0) is 17.8 Å². The van der Waals surface area contributed by atoms with E-state index in [2.05, 4.69) is 55.1 Å². The van der Waals surface area contributed by atoms with Crippen molar-refractivity contribution in [1.82, 2.24) is 14.4 Å². The monoisotopic (exact) mass is 499 g/mol. The zero-order valence-electron chi connectivity index (χ0n) is 18.0. The largest absolute Gasteiger partial charge is 0.591 e. The fourth-order valence-corrected chi connectivity index (χ4v) is 5.79. The summed E-state index contributed by atoms with van der Waals surface area (Å²) in [5.74, 6) is 0.915. The summed E-state index contributed by atoms with van der Waals surface area (Å²) in [5, 5.41) is 0. The van der Waals surface area contributed by atoms with E-state index < -0.39 is 11.4 Å². The zero-order valence-corrected chi connectivity index (χ0v) is 20.4. The Kier molecular flexibility index (Phi) is 5.14. The summed E-state index contributed by atoms with van der Waals surface area (Å²) >= 11 is 2.26. The Labute approximate surface area is 194 Å². The van der Waals surface area contributed by atoms with Gasteiger partial charge in [0.15, 0.2) is 5.65 Å². The SMILES string of the molecule is CC(C)(C)[S+]([O-])N=C1c2ccccc2CC12CCN(c1ncc(Br)c3nccn13)CC2. The average Bonchev–Trinajstić information content (AvgIpc) is 3.33. The van der Waals surface area contributed by atoms with Gasteiger partial charge in [0.25, 0.3) is 0 Å². The number of halogens is 1. The number of aromatic nitrogens is 3. The Morgan fingerprint density at radius 3 is 2.65 bits per heavy atom. The number of anilines is 1. The van der Waals surface area contributed by atoms with Gasteiger partial charge in [0.2, 0.25) is 5.95 Å². The molecule has 162 valence electrons. The summed E-state index contributed by atoms with van der Waals surface area (Å²) in [6.07, 6.45) is 8.46. The van der Waals surface area contributed by atoms with Crippen LogP contribution in [-0.4, -0.2) is 42.5 Å². The predicted octanol–water partition coefficient (Wildman–Crippen LogP) is 4.59. The molecule has 1 aliphatic heterocycles. The maximum atomic E-state index is 13.0. The van der Waals surface area contributed by atoms with E-state index in [1.165, 1.54) is 11.1 Å². The molecule has 1 fully saturated rings. The highest BCUT2D eigenvalue weighted by Crippen LogP contribution is 2.46. The first-order valence-electron chi connectivity index (χ1n) is 10.6. The quantitative estimate of drug-likeness (QED) is 0.483. The van der Waals surface area contributed by atoms with E-state index in [9.17, 15) is 4.55 Å². The number of piperidine rings is 1. The van der Waals surface area contributed by atoms with Crippen LogP contribution in [0.4, 0.5) is 5.95 Å². The van der Waals surface area contributed by atoms with Crippen molar-refractivity contribution in [2.45, 2.75) is 44.8 Å². The summed E-state index contributed by atoms with van der Waals surface area (Å²) < 4.78 is 20.4. The summed E-state index contributed by atoms with van der Waals surface area (Å²) in [5.41, 5.74) is 4.34. The Morgan fingerprint density at radius 2 is 1.90 bits per heavy atom. The van der Waals surface area contributed by atoms with E-state index in [1.54, 1.807) is 6.20 Å². The van der Waals surface area contributed by atoms with Crippen molar-refractivity contribution in [1.29, 1.82) is 0 Å². The molecular weight excluding hydrogens is 474 g/mol. The van der Waals surface area contributed by atoms with E-state index in [-0.39, 0.29) is 10.2 Å². The Bertz CT molecular complexity index is 1160. The number of imidazole rings is 1. The van der Waals surface area contributed by atoms with Gasteiger partial charge >= 0.3 is 0 Å². The number of nitrogens with zero attached hydrogens (tertiary/aromatic N) is 5. The highest BCUT2D eigenvalue weighted by Gasteiger charge is 2.47. The van der Waals surface area contributed by atoms with Crippen LogP contribution in [0.1, 0.15) is 44.7 Å². The van der Waals surface area contributed by atoms with Crippen LogP contribution in [0.3, 0.4) is 0 Å². The first-order chi connectivity index (χ1) is 14.8. The summed E-state index contributed by atoms with van der Waals surface area (Å²) in [6.45, 7) is 7.70. The van der Waals surface area contributed by atoms with Gasteiger partial charge in [-0.15, -0.1) is 0 Å². The van der Waals surface area contributed by atoms with Gasteiger partial charge in [0.1, 0.15) is 21.8 Å². The van der Waals surface area contributed by atoms with Gasteiger partial charge in [0.05, 0.1) is 4.47 Å². The second-order valence-electron chi connectivity index (χ2n) is 9.43. The van der Waals surface area contributed by atoms with Crippen molar-refractivity contribution >= 4 is 44.6 Å². The van der Waals surface area contributed by atoms with E-state index >= 15 is 0 Å². The van der Waals surface area contributed by atoms with Crippen LogP contribution in [0.15, 0.2) is 51.7 Å². The summed E-state index contributed by atoms with van der Waals surface area (Å²) in [6, 6.07) is 8.48. The van der Waals surface area contributed by atoms with Gasteiger partial charge in [-0.05, 0) is 61.5 Å². The topological polar surface area (TPSA) is 68.8 Å². The molecule has 0 radical (unpaired) electrons. The molecule has 0 saturated carbocycles. The van der Waals surface area contributed by atoms with Crippen LogP contribution in [0.2, 0.25) is 0 Å². The van der Waals surface area contributed by atoms with Crippen molar-refractivity contribution in [3.8, 4) is 0 Å². The molecule has 1 saturated heterocycles. The van der Waals surface area contributed by atoms with Crippen molar-refractivity contribution in [2.24, 2.45) is 9.81 Å². The fraction of sp³-hybridized carbons (Fsp3) is 0.435. The van der Waals surface area contributed by atoms with Crippen molar-refractivity contribution in [2.75, 3.05) is 18.0 Å². The minimum absolute atomic E-state index is 0.0650. The molecule has 0 N–H and O–H groups in total. The van der Waals surface area contributed by atoms with Crippen LogP contribution in [0.25, 0.3) is 5.65 Å². The number of rotatable bonds is 2. The molecule has 1 spiro atoms. The van der Waals surface area contributed by atoms with Gasteiger partial charge < -0.3 is 9.45 Å². The third-order valence-corrected chi connectivity index (χ3v) is 8.32. The Morgan fingerprint density at radius 1 is 1.16 bits per heavy atom. The number of benzene rings is 1. The average molecular weight is 500 g/mol. The Balaban J connectivity index is 1.47. The standard InChI is InChI=1S/C23H26BrN5OS/c1-22(2,3)31(30)27-19-17-7-5-4-6-16(17)14-23(19)8-11-28(12-9-23)21-26-15-18(24)20-25-10-13-29(20)21/h4-7,10,13,15H,8-9,11-12,14H2,1-3H3. The smallest absolute Gasteiger partial charge is 0.211 e. The first kappa shape index (κ1) is 21.0. The number of hydrogen-bond donors (Lipinski definition) is 0. The molecule has 0 bridgehead atoms. The number of fused-ring (bicyclic) bond motifs is 2. The molecule has 31 heavy (non-hydrogen) atoms. The van der Waals surface area contributed by atoms with Gasteiger partial charge in [0, 0.05) is 42.7 Å². The molecule has 1 aliphatic carbocycles. The molecule has 1 aromatic carbocycles. The lowest BCUT2D eigenvalue weighted by atomic mass is 9.74. The second-order valence-corrected chi connectivity index (χ2v) is 12.2. The normalized spacial score (nSPS) is 20.5.